The van der Waals surface area contributed by atoms with Crippen LogP contribution in [0.5, 0.6) is 0 Å². The highest BCUT2D eigenvalue weighted by molar-refractivity contribution is 8.01. The van der Waals surface area contributed by atoms with Crippen molar-refractivity contribution in [2.45, 2.75) is 40.8 Å². The van der Waals surface area contributed by atoms with Gasteiger partial charge in [0, 0.05) is 22.2 Å². The number of carbonyl (C=O) groups is 2. The Hall–Kier alpha value is -2.04. The fourth-order valence-corrected chi connectivity index (χ4v) is 5.48. The van der Waals surface area contributed by atoms with E-state index in [1.165, 1.54) is 11.8 Å². The van der Waals surface area contributed by atoms with Gasteiger partial charge in [0.2, 0.25) is 10.8 Å². The van der Waals surface area contributed by atoms with E-state index in [0.29, 0.717) is 16.9 Å². The molecule has 0 spiro atoms. The zero-order chi connectivity index (χ0) is 21.1. The number of nitrogens with one attached hydrogen (secondary N) is 4. The third kappa shape index (κ3) is 4.98. The molecule has 0 bridgehead atoms. The molecule has 0 aliphatic carbocycles. The predicted octanol–water partition coefficient (Wildman–Crippen LogP) is 3.08. The highest BCUT2D eigenvalue weighted by Crippen LogP contribution is 2.36. The molecule has 1 saturated heterocycles. The van der Waals surface area contributed by atoms with Crippen molar-refractivity contribution in [1.29, 1.82) is 0 Å². The van der Waals surface area contributed by atoms with Crippen molar-refractivity contribution in [3.8, 4) is 0 Å². The van der Waals surface area contributed by atoms with Crippen molar-refractivity contribution in [2.24, 2.45) is 0 Å². The molecule has 2 aromatic rings. The quantitative estimate of drug-likeness (QED) is 0.454. The third-order valence-electron chi connectivity index (χ3n) is 5.11. The Morgan fingerprint density at radius 3 is 2.80 bits per heavy atom. The first kappa shape index (κ1) is 21.2. The van der Waals surface area contributed by atoms with Crippen LogP contribution in [0, 0.1) is 0 Å². The summed E-state index contributed by atoms with van der Waals surface area (Å²) >= 11 is 0.393. The Kier molecular flexibility index (Phi) is 6.64. The van der Waals surface area contributed by atoms with Crippen LogP contribution in [0.1, 0.15) is 30.1 Å². The second kappa shape index (κ2) is 9.40. The minimum atomic E-state index is -1.09. The molecule has 0 aromatic heterocycles. The molecule has 5 N–H and O–H groups in total. The molecule has 158 valence electrons. The van der Waals surface area contributed by atoms with E-state index < -0.39 is 11.4 Å². The van der Waals surface area contributed by atoms with E-state index in [1.807, 2.05) is 25.1 Å². The maximum absolute atomic E-state index is 12.7. The van der Waals surface area contributed by atoms with Gasteiger partial charge in [0.1, 0.15) is 0 Å². The maximum Gasteiger partial charge on any atom is 0.275 e. The number of piperidine rings is 1. The van der Waals surface area contributed by atoms with E-state index in [1.54, 1.807) is 24.3 Å². The maximum atomic E-state index is 12.7. The van der Waals surface area contributed by atoms with Crippen LogP contribution in [0.2, 0.25) is 0 Å². The van der Waals surface area contributed by atoms with Crippen LogP contribution < -0.4 is 20.7 Å². The van der Waals surface area contributed by atoms with Crippen LogP contribution >= 0.6 is 11.8 Å². The van der Waals surface area contributed by atoms with Gasteiger partial charge in [0.05, 0.1) is 17.0 Å². The summed E-state index contributed by atoms with van der Waals surface area (Å²) in [5, 5.41) is 8.89. The first-order chi connectivity index (χ1) is 14.5. The predicted molar refractivity (Wildman–Crippen MR) is 122 cm³/mol. The number of anilines is 2. The lowest BCUT2D eigenvalue weighted by Crippen LogP contribution is -2.42. The number of fused-ring (bicyclic) bond motifs is 1. The Morgan fingerprint density at radius 1 is 1.20 bits per heavy atom. The lowest BCUT2D eigenvalue weighted by molar-refractivity contribution is -0.115. The molecule has 2 aliphatic rings. The second-order valence-electron chi connectivity index (χ2n) is 7.37. The molecule has 1 fully saturated rings. The van der Waals surface area contributed by atoms with Crippen LogP contribution in [-0.4, -0.2) is 40.7 Å². The Morgan fingerprint density at radius 2 is 2.00 bits per heavy atom. The summed E-state index contributed by atoms with van der Waals surface area (Å²) in [6.07, 6.45) is 1.96. The van der Waals surface area contributed by atoms with Gasteiger partial charge >= 0.3 is 0 Å². The largest absolute Gasteiger partial charge is 0.324 e. The van der Waals surface area contributed by atoms with Crippen molar-refractivity contribution in [2.75, 3.05) is 23.7 Å². The number of amides is 2. The van der Waals surface area contributed by atoms with Crippen LogP contribution in [-0.2, 0) is 16.2 Å². The summed E-state index contributed by atoms with van der Waals surface area (Å²) < 4.78 is 13.8. The van der Waals surface area contributed by atoms with E-state index in [2.05, 4.69) is 20.7 Å². The van der Waals surface area contributed by atoms with Gasteiger partial charge < -0.3 is 16.0 Å². The minimum Gasteiger partial charge on any atom is -0.324 e. The zero-order valence-corrected chi connectivity index (χ0v) is 18.2. The van der Waals surface area contributed by atoms with Gasteiger partial charge in [-0.3, -0.25) is 9.59 Å². The monoisotopic (exact) mass is 445 g/mol. The number of benzene rings is 2. The fraction of sp³-hybridized carbons (Fsp3) is 0.333. The van der Waals surface area contributed by atoms with Crippen LogP contribution in [0.4, 0.5) is 11.4 Å². The van der Waals surface area contributed by atoms with E-state index in [-0.39, 0.29) is 23.1 Å². The van der Waals surface area contributed by atoms with E-state index in [0.717, 1.165) is 35.7 Å². The lowest BCUT2D eigenvalue weighted by atomic mass is 10.1. The summed E-state index contributed by atoms with van der Waals surface area (Å²) in [7, 11) is 0. The highest BCUT2D eigenvalue weighted by Gasteiger charge is 2.27. The second-order valence-corrected chi connectivity index (χ2v) is 10.0. The van der Waals surface area contributed by atoms with Crippen molar-refractivity contribution in [1.82, 2.24) is 10.0 Å². The van der Waals surface area contributed by atoms with E-state index in [4.69, 9.17) is 0 Å². The Balaban J connectivity index is 1.43. The summed E-state index contributed by atoms with van der Waals surface area (Å²) in [4.78, 5) is 26.3. The van der Waals surface area contributed by atoms with Gasteiger partial charge in [-0.25, -0.2) is 0 Å². The van der Waals surface area contributed by atoms with Crippen LogP contribution in [0.25, 0.3) is 0 Å². The molecule has 9 heteroatoms. The van der Waals surface area contributed by atoms with Crippen molar-refractivity contribution < 1.29 is 14.1 Å². The van der Waals surface area contributed by atoms with Gasteiger partial charge in [0.15, 0.2) is 0 Å². The molecule has 0 radical (unpaired) electrons. The van der Waals surface area contributed by atoms with Crippen LogP contribution in [0.15, 0.2) is 52.3 Å². The molecule has 2 aliphatic heterocycles. The summed E-state index contributed by atoms with van der Waals surface area (Å²) in [5.74, 6) is -0.328. The molecule has 30 heavy (non-hydrogen) atoms. The van der Waals surface area contributed by atoms with Gasteiger partial charge in [-0.1, -0.05) is 10.8 Å². The molecule has 0 saturated carbocycles. The molecule has 2 atom stereocenters. The molecule has 2 unspecified atom stereocenters. The van der Waals surface area contributed by atoms with Gasteiger partial charge in [-0.15, -0.1) is 11.8 Å². The number of thioether (sulfide) groups is 1. The molecule has 2 amide bonds. The summed E-state index contributed by atoms with van der Waals surface area (Å²) in [5.41, 5.74) is 1.74. The van der Waals surface area contributed by atoms with Gasteiger partial charge in [0.25, 0.3) is 17.3 Å². The smallest absolute Gasteiger partial charge is 0.275 e. The Labute approximate surface area is 183 Å². The lowest BCUT2D eigenvalue weighted by Gasteiger charge is -2.21. The topological polar surface area (TPSA) is 102 Å². The highest BCUT2D eigenvalue weighted by atomic mass is 32.2. The average molecular weight is 446 g/mol. The third-order valence-corrected chi connectivity index (χ3v) is 7.54. The number of rotatable bonds is 5. The molecule has 7 nitrogen and oxygen atoms in total. The first-order valence-electron chi connectivity index (χ1n) is 9.93. The van der Waals surface area contributed by atoms with Crippen molar-refractivity contribution >= 4 is 46.3 Å². The molecule has 4 rings (SSSR count). The number of hydrogen-bond donors (Lipinski definition) is 5. The summed E-state index contributed by atoms with van der Waals surface area (Å²) in [6, 6.07) is 12.8. The average Bonchev–Trinajstić information content (AvgIpc) is 2.75. The SMILES string of the molecule is CC1Sc2ccc(C(=O)Nc3cccc([S+](O)NC4CCNCC4)c3)cc2NC1=O. The normalized spacial score (nSPS) is 20.2. The van der Waals surface area contributed by atoms with Crippen molar-refractivity contribution in [3.63, 3.8) is 0 Å². The van der Waals surface area contributed by atoms with E-state index in [9.17, 15) is 14.1 Å². The molecular weight excluding hydrogens is 420 g/mol. The zero-order valence-electron chi connectivity index (χ0n) is 16.6. The van der Waals surface area contributed by atoms with Crippen molar-refractivity contribution in [3.05, 3.63) is 48.0 Å². The number of carbonyl (C=O) groups excluding carboxylic acids is 2. The molecular formula is C21H25N4O3S2+. The van der Waals surface area contributed by atoms with Gasteiger partial charge in [-0.2, -0.15) is 4.55 Å². The van der Waals surface area contributed by atoms with Crippen LogP contribution in [0.3, 0.4) is 0 Å². The van der Waals surface area contributed by atoms with E-state index >= 15 is 0 Å². The number of hydrogen-bond acceptors (Lipinski definition) is 6. The van der Waals surface area contributed by atoms with Gasteiger partial charge in [-0.05, 0) is 63.2 Å². The minimum absolute atomic E-state index is 0.0611. The fourth-order valence-electron chi connectivity index (χ4n) is 3.41. The molecule has 2 heterocycles. The molecule has 2 aromatic carbocycles. The standard InChI is InChI=1S/C21H24N4O3S2/c1-13-20(26)24-18-11-14(5-6-19(18)29-13)21(27)23-16-3-2-4-17(12-16)30(28)25-15-7-9-22-10-8-15/h2-6,11-13,15,22,25,28H,7-10H2,1H3,(H-,23,24,26,27)/p+1. The summed E-state index contributed by atoms with van der Waals surface area (Å²) in [6.45, 7) is 3.75. The Bertz CT molecular complexity index is 950. The first-order valence-corrected chi connectivity index (χ1v) is 12.0.